The SMILES string of the molecule is CC(C)COc1ccc(C(=O)Nc2ccc(C(=O)O)cc2)cc1. The van der Waals surface area contributed by atoms with Crippen LogP contribution < -0.4 is 10.1 Å². The summed E-state index contributed by atoms with van der Waals surface area (Å²) in [5.41, 5.74) is 1.22. The van der Waals surface area contributed by atoms with E-state index < -0.39 is 5.97 Å². The average Bonchev–Trinajstić information content (AvgIpc) is 2.54. The highest BCUT2D eigenvalue weighted by Gasteiger charge is 2.08. The largest absolute Gasteiger partial charge is 0.493 e. The van der Waals surface area contributed by atoms with Gasteiger partial charge in [-0.25, -0.2) is 4.79 Å². The number of nitrogens with one attached hydrogen (secondary N) is 1. The molecule has 2 aromatic carbocycles. The molecule has 0 aliphatic rings. The molecule has 1 amide bonds. The van der Waals surface area contributed by atoms with Crippen LogP contribution in [0.15, 0.2) is 48.5 Å². The Morgan fingerprint density at radius 1 is 1.00 bits per heavy atom. The maximum Gasteiger partial charge on any atom is 0.335 e. The smallest absolute Gasteiger partial charge is 0.335 e. The highest BCUT2D eigenvalue weighted by Crippen LogP contribution is 2.15. The van der Waals surface area contributed by atoms with Gasteiger partial charge in [0.1, 0.15) is 5.75 Å². The first-order valence-corrected chi connectivity index (χ1v) is 7.33. The Morgan fingerprint density at radius 2 is 1.57 bits per heavy atom. The van der Waals surface area contributed by atoms with Crippen LogP contribution in [-0.2, 0) is 0 Å². The number of carbonyl (C=O) groups is 2. The summed E-state index contributed by atoms with van der Waals surface area (Å²) in [6.07, 6.45) is 0. The second-order valence-corrected chi connectivity index (χ2v) is 5.57. The summed E-state index contributed by atoms with van der Waals surface area (Å²) in [5, 5.41) is 11.6. The van der Waals surface area contributed by atoms with Crippen molar-refractivity contribution in [1.29, 1.82) is 0 Å². The molecule has 0 spiro atoms. The molecule has 0 unspecified atom stereocenters. The molecule has 2 N–H and O–H groups in total. The average molecular weight is 313 g/mol. The number of benzene rings is 2. The zero-order valence-corrected chi connectivity index (χ0v) is 13.1. The van der Waals surface area contributed by atoms with Gasteiger partial charge in [0.05, 0.1) is 12.2 Å². The Hall–Kier alpha value is -2.82. The first kappa shape index (κ1) is 16.5. The normalized spacial score (nSPS) is 10.4. The van der Waals surface area contributed by atoms with Crippen molar-refractivity contribution in [3.63, 3.8) is 0 Å². The molecule has 23 heavy (non-hydrogen) atoms. The van der Waals surface area contributed by atoms with Gasteiger partial charge in [-0.05, 0) is 54.4 Å². The Bertz CT molecular complexity index is 675. The second kappa shape index (κ2) is 7.45. The Labute approximate surface area is 134 Å². The minimum Gasteiger partial charge on any atom is -0.493 e. The molecular formula is C18H19NO4. The molecule has 0 saturated heterocycles. The van der Waals surface area contributed by atoms with Gasteiger partial charge in [-0.15, -0.1) is 0 Å². The van der Waals surface area contributed by atoms with E-state index in [1.54, 1.807) is 36.4 Å². The van der Waals surface area contributed by atoms with Crippen LogP contribution in [0.2, 0.25) is 0 Å². The summed E-state index contributed by atoms with van der Waals surface area (Å²) >= 11 is 0. The minimum atomic E-state index is -1.00. The third kappa shape index (κ3) is 4.85. The molecule has 2 aromatic rings. The zero-order valence-electron chi connectivity index (χ0n) is 13.1. The van der Waals surface area contributed by atoms with E-state index in [2.05, 4.69) is 19.2 Å². The summed E-state index contributed by atoms with van der Waals surface area (Å²) in [6.45, 7) is 4.76. The zero-order chi connectivity index (χ0) is 16.8. The molecule has 2 rings (SSSR count). The van der Waals surface area contributed by atoms with Gasteiger partial charge < -0.3 is 15.2 Å². The van der Waals surface area contributed by atoms with Crippen molar-refractivity contribution in [3.05, 3.63) is 59.7 Å². The molecule has 0 heterocycles. The number of carboxylic acids is 1. The summed E-state index contributed by atoms with van der Waals surface area (Å²) in [5.74, 6) is -0.101. The van der Waals surface area contributed by atoms with E-state index in [-0.39, 0.29) is 11.5 Å². The van der Waals surface area contributed by atoms with Crippen molar-refractivity contribution in [3.8, 4) is 5.75 Å². The molecular weight excluding hydrogens is 294 g/mol. The molecule has 0 fully saturated rings. The van der Waals surface area contributed by atoms with Crippen molar-refractivity contribution in [2.75, 3.05) is 11.9 Å². The predicted octanol–water partition coefficient (Wildman–Crippen LogP) is 3.67. The molecule has 5 nitrogen and oxygen atoms in total. The summed E-state index contributed by atoms with van der Waals surface area (Å²) in [6, 6.07) is 12.9. The molecule has 0 radical (unpaired) electrons. The Kier molecular flexibility index (Phi) is 5.36. The first-order valence-electron chi connectivity index (χ1n) is 7.33. The van der Waals surface area contributed by atoms with Crippen LogP contribution in [0.4, 0.5) is 5.69 Å². The van der Waals surface area contributed by atoms with Gasteiger partial charge in [-0.1, -0.05) is 13.8 Å². The fourth-order valence-electron chi connectivity index (χ4n) is 1.86. The lowest BCUT2D eigenvalue weighted by atomic mass is 10.1. The summed E-state index contributed by atoms with van der Waals surface area (Å²) in [7, 11) is 0. The van der Waals surface area contributed by atoms with E-state index in [1.807, 2.05) is 0 Å². The van der Waals surface area contributed by atoms with Crippen molar-refractivity contribution in [1.82, 2.24) is 0 Å². The van der Waals surface area contributed by atoms with Crippen LogP contribution in [0, 0.1) is 5.92 Å². The maximum absolute atomic E-state index is 12.1. The van der Waals surface area contributed by atoms with E-state index in [0.717, 1.165) is 5.75 Å². The van der Waals surface area contributed by atoms with Crippen LogP contribution in [-0.4, -0.2) is 23.6 Å². The predicted molar refractivity (Wildman–Crippen MR) is 88.1 cm³/mol. The van der Waals surface area contributed by atoms with E-state index in [0.29, 0.717) is 23.8 Å². The molecule has 5 heteroatoms. The fourth-order valence-corrected chi connectivity index (χ4v) is 1.86. The Balaban J connectivity index is 1.98. The van der Waals surface area contributed by atoms with Crippen molar-refractivity contribution < 1.29 is 19.4 Å². The monoisotopic (exact) mass is 313 g/mol. The lowest BCUT2D eigenvalue weighted by Gasteiger charge is -2.09. The lowest BCUT2D eigenvalue weighted by Crippen LogP contribution is -2.12. The number of anilines is 1. The molecule has 120 valence electrons. The number of carbonyl (C=O) groups excluding carboxylic acids is 1. The Morgan fingerprint density at radius 3 is 2.09 bits per heavy atom. The number of amides is 1. The number of hydrogen-bond acceptors (Lipinski definition) is 3. The first-order chi connectivity index (χ1) is 11.0. The van der Waals surface area contributed by atoms with E-state index in [1.165, 1.54) is 12.1 Å². The van der Waals surface area contributed by atoms with Crippen molar-refractivity contribution in [2.24, 2.45) is 5.92 Å². The summed E-state index contributed by atoms with van der Waals surface area (Å²) < 4.78 is 5.57. The molecule has 0 aromatic heterocycles. The van der Waals surface area contributed by atoms with Gasteiger partial charge >= 0.3 is 5.97 Å². The van der Waals surface area contributed by atoms with Gasteiger partial charge in [0, 0.05) is 11.3 Å². The fraction of sp³-hybridized carbons (Fsp3) is 0.222. The van der Waals surface area contributed by atoms with Crippen LogP contribution >= 0.6 is 0 Å². The van der Waals surface area contributed by atoms with E-state index in [4.69, 9.17) is 9.84 Å². The molecule has 0 saturated carbocycles. The van der Waals surface area contributed by atoms with Gasteiger partial charge in [0.2, 0.25) is 0 Å². The quantitative estimate of drug-likeness (QED) is 0.853. The third-order valence-corrected chi connectivity index (χ3v) is 3.09. The standard InChI is InChI=1S/C18H19NO4/c1-12(2)11-23-16-9-5-13(6-10-16)17(20)19-15-7-3-14(4-8-15)18(21)22/h3-10,12H,11H2,1-2H3,(H,19,20)(H,21,22). The van der Waals surface area contributed by atoms with Gasteiger partial charge in [-0.3, -0.25) is 4.79 Å². The topological polar surface area (TPSA) is 75.6 Å². The number of hydrogen-bond donors (Lipinski definition) is 2. The maximum atomic E-state index is 12.1. The summed E-state index contributed by atoms with van der Waals surface area (Å²) in [4.78, 5) is 22.9. The van der Waals surface area contributed by atoms with Crippen LogP contribution in [0.5, 0.6) is 5.75 Å². The molecule has 0 bridgehead atoms. The number of aromatic carboxylic acids is 1. The van der Waals surface area contributed by atoms with Gasteiger partial charge in [-0.2, -0.15) is 0 Å². The van der Waals surface area contributed by atoms with Crippen molar-refractivity contribution >= 4 is 17.6 Å². The molecule has 0 aliphatic heterocycles. The van der Waals surface area contributed by atoms with Gasteiger partial charge in [0.25, 0.3) is 5.91 Å². The number of ether oxygens (including phenoxy) is 1. The van der Waals surface area contributed by atoms with E-state index in [9.17, 15) is 9.59 Å². The highest BCUT2D eigenvalue weighted by atomic mass is 16.5. The van der Waals surface area contributed by atoms with E-state index >= 15 is 0 Å². The molecule has 0 aliphatic carbocycles. The number of carboxylic acid groups (broad SMARTS) is 1. The number of rotatable bonds is 6. The minimum absolute atomic E-state index is 0.176. The molecule has 0 atom stereocenters. The lowest BCUT2D eigenvalue weighted by molar-refractivity contribution is 0.0696. The second-order valence-electron chi connectivity index (χ2n) is 5.57. The van der Waals surface area contributed by atoms with Crippen molar-refractivity contribution in [2.45, 2.75) is 13.8 Å². The highest BCUT2D eigenvalue weighted by molar-refractivity contribution is 6.04. The van der Waals surface area contributed by atoms with Crippen LogP contribution in [0.3, 0.4) is 0 Å². The van der Waals surface area contributed by atoms with Crippen LogP contribution in [0.25, 0.3) is 0 Å². The van der Waals surface area contributed by atoms with Crippen LogP contribution in [0.1, 0.15) is 34.6 Å². The van der Waals surface area contributed by atoms with Gasteiger partial charge in [0.15, 0.2) is 0 Å². The third-order valence-electron chi connectivity index (χ3n) is 3.09.